The predicted octanol–water partition coefficient (Wildman–Crippen LogP) is 2.62. The molecule has 0 radical (unpaired) electrons. The number of nitrogens with two attached hydrogens (primary N) is 1. The summed E-state index contributed by atoms with van der Waals surface area (Å²) in [6.45, 7) is 6.16. The van der Waals surface area contributed by atoms with Crippen molar-refractivity contribution in [1.82, 2.24) is 20.0 Å². The van der Waals surface area contributed by atoms with E-state index < -0.39 is 5.54 Å². The van der Waals surface area contributed by atoms with Crippen LogP contribution in [0.25, 0.3) is 22.2 Å². The number of amides is 2. The number of aromatic nitrogens is 2. The maximum Gasteiger partial charge on any atom is 0.254 e. The maximum absolute atomic E-state index is 13.1. The van der Waals surface area contributed by atoms with E-state index in [4.69, 9.17) is 5.73 Å². The van der Waals surface area contributed by atoms with Crippen LogP contribution in [0.15, 0.2) is 36.4 Å². The lowest BCUT2D eigenvalue weighted by Gasteiger charge is -2.36. The van der Waals surface area contributed by atoms with Gasteiger partial charge in [-0.05, 0) is 49.9 Å². The average Bonchev–Trinajstić information content (AvgIpc) is 3.37. The van der Waals surface area contributed by atoms with Crippen LogP contribution in [0.5, 0.6) is 0 Å². The molecule has 3 N–H and O–H groups in total. The fourth-order valence-electron chi connectivity index (χ4n) is 4.41. The number of rotatable bonds is 3. The molecule has 7 nitrogen and oxygen atoms in total. The maximum atomic E-state index is 13.1. The highest BCUT2D eigenvalue weighted by molar-refractivity contribution is 5.98. The molecule has 0 atom stereocenters. The molecule has 0 bridgehead atoms. The lowest BCUT2D eigenvalue weighted by atomic mass is 10.00. The van der Waals surface area contributed by atoms with Crippen molar-refractivity contribution >= 4 is 22.7 Å². The summed E-state index contributed by atoms with van der Waals surface area (Å²) in [5, 5.41) is 8.68. The van der Waals surface area contributed by atoms with E-state index in [9.17, 15) is 9.59 Å². The third kappa shape index (κ3) is 3.39. The summed E-state index contributed by atoms with van der Waals surface area (Å²) < 4.78 is 0. The lowest BCUT2D eigenvalue weighted by Crippen LogP contribution is -2.55. The first-order valence-corrected chi connectivity index (χ1v) is 10.8. The van der Waals surface area contributed by atoms with E-state index in [1.54, 1.807) is 4.90 Å². The van der Waals surface area contributed by atoms with Gasteiger partial charge < -0.3 is 15.5 Å². The zero-order valence-electron chi connectivity index (χ0n) is 17.9. The quantitative estimate of drug-likeness (QED) is 0.685. The van der Waals surface area contributed by atoms with Crippen molar-refractivity contribution in [1.29, 1.82) is 0 Å². The number of para-hydroxylation sites is 1. The van der Waals surface area contributed by atoms with Crippen LogP contribution >= 0.6 is 0 Å². The molecule has 160 valence electrons. The fourth-order valence-corrected chi connectivity index (χ4v) is 4.41. The third-order valence-corrected chi connectivity index (χ3v) is 6.60. The van der Waals surface area contributed by atoms with Gasteiger partial charge in [-0.25, -0.2) is 0 Å². The summed E-state index contributed by atoms with van der Waals surface area (Å²) in [7, 11) is 0. The smallest absolute Gasteiger partial charge is 0.254 e. The lowest BCUT2D eigenvalue weighted by molar-refractivity contribution is -0.135. The normalized spacial score (nSPS) is 17.8. The van der Waals surface area contributed by atoms with Gasteiger partial charge >= 0.3 is 0 Å². The van der Waals surface area contributed by atoms with E-state index in [-0.39, 0.29) is 11.8 Å². The van der Waals surface area contributed by atoms with Gasteiger partial charge in [-0.2, -0.15) is 5.10 Å². The van der Waals surface area contributed by atoms with Crippen molar-refractivity contribution in [2.75, 3.05) is 26.2 Å². The fraction of sp³-hybridized carbons (Fsp3) is 0.375. The number of hydrogen-bond donors (Lipinski definition) is 2. The molecule has 1 aliphatic heterocycles. The highest BCUT2D eigenvalue weighted by Crippen LogP contribution is 2.34. The highest BCUT2D eigenvalue weighted by atomic mass is 16.2. The summed E-state index contributed by atoms with van der Waals surface area (Å²) in [6.07, 6.45) is 1.53. The Labute approximate surface area is 181 Å². The minimum Gasteiger partial charge on any atom is -0.338 e. The van der Waals surface area contributed by atoms with Crippen LogP contribution in [-0.4, -0.2) is 63.5 Å². The second-order valence-corrected chi connectivity index (χ2v) is 8.84. The average molecular weight is 418 g/mol. The number of carbonyl (C=O) groups excluding carboxylic acids is 2. The monoisotopic (exact) mass is 417 g/mol. The Hall–Kier alpha value is -3.19. The van der Waals surface area contributed by atoms with Crippen LogP contribution in [-0.2, 0) is 4.79 Å². The molecule has 2 heterocycles. The molecule has 7 heteroatoms. The molecule has 2 fully saturated rings. The molecule has 0 spiro atoms. The Morgan fingerprint density at radius 3 is 2.39 bits per heavy atom. The van der Waals surface area contributed by atoms with E-state index in [1.807, 2.05) is 49.1 Å². The van der Waals surface area contributed by atoms with Gasteiger partial charge in [0.15, 0.2) is 0 Å². The standard InChI is InChI=1S/C24H27N5O2/c1-15-4-3-5-19-20(15)26-27-21(19)17-6-7-18(16(2)14-17)22(30)28-10-12-29(13-11-28)23(31)24(25)8-9-24/h3-7,14H,8-13,25H2,1-2H3,(H,26,27). The summed E-state index contributed by atoms with van der Waals surface area (Å²) in [5.74, 6) is 0.0394. The number of fused-ring (bicyclic) bond motifs is 1. The van der Waals surface area contributed by atoms with Gasteiger partial charge in [0, 0.05) is 42.7 Å². The second kappa shape index (κ2) is 7.20. The first-order valence-electron chi connectivity index (χ1n) is 10.8. The van der Waals surface area contributed by atoms with Crippen molar-refractivity contribution < 1.29 is 9.59 Å². The number of piperazine rings is 1. The number of carbonyl (C=O) groups is 2. The van der Waals surface area contributed by atoms with E-state index in [1.165, 1.54) is 0 Å². The summed E-state index contributed by atoms with van der Waals surface area (Å²) in [6, 6.07) is 12.0. The third-order valence-electron chi connectivity index (χ3n) is 6.60. The van der Waals surface area contributed by atoms with Crippen LogP contribution in [0.2, 0.25) is 0 Å². The minimum atomic E-state index is -0.645. The number of nitrogens with one attached hydrogen (secondary N) is 1. The molecule has 2 aromatic carbocycles. The van der Waals surface area contributed by atoms with Crippen LogP contribution in [0, 0.1) is 13.8 Å². The Bertz CT molecular complexity index is 1190. The van der Waals surface area contributed by atoms with Gasteiger partial charge in [0.05, 0.1) is 16.7 Å². The molecular formula is C24H27N5O2. The van der Waals surface area contributed by atoms with Crippen LogP contribution < -0.4 is 5.73 Å². The van der Waals surface area contributed by atoms with Crippen LogP contribution in [0.4, 0.5) is 0 Å². The van der Waals surface area contributed by atoms with E-state index in [0.717, 1.165) is 46.1 Å². The molecule has 0 unspecified atom stereocenters. The predicted molar refractivity (Wildman–Crippen MR) is 120 cm³/mol. The molecule has 1 aromatic heterocycles. The molecule has 2 aliphatic rings. The first-order chi connectivity index (χ1) is 14.9. The van der Waals surface area contributed by atoms with Gasteiger partial charge in [-0.1, -0.05) is 24.3 Å². The second-order valence-electron chi connectivity index (χ2n) is 8.84. The van der Waals surface area contributed by atoms with Crippen molar-refractivity contribution in [2.45, 2.75) is 32.2 Å². The van der Waals surface area contributed by atoms with Gasteiger partial charge in [0.1, 0.15) is 0 Å². The summed E-state index contributed by atoms with van der Waals surface area (Å²) in [5.41, 5.74) is 11.1. The Kier molecular flexibility index (Phi) is 4.59. The molecule has 2 amide bonds. The first kappa shape index (κ1) is 19.8. The Balaban J connectivity index is 1.33. The molecule has 1 saturated heterocycles. The molecule has 5 rings (SSSR count). The van der Waals surface area contributed by atoms with Crippen molar-refractivity contribution in [3.8, 4) is 11.3 Å². The SMILES string of the molecule is Cc1cc(-c2[nH]nc3c(C)cccc23)ccc1C(=O)N1CCN(C(=O)C2(N)CC2)CC1. The van der Waals surface area contributed by atoms with E-state index in [2.05, 4.69) is 16.3 Å². The highest BCUT2D eigenvalue weighted by Gasteiger charge is 2.48. The van der Waals surface area contributed by atoms with E-state index in [0.29, 0.717) is 31.7 Å². The number of aromatic amines is 1. The van der Waals surface area contributed by atoms with Gasteiger partial charge in [0.2, 0.25) is 5.91 Å². The Morgan fingerprint density at radius 2 is 1.71 bits per heavy atom. The van der Waals surface area contributed by atoms with Crippen LogP contribution in [0.3, 0.4) is 0 Å². The van der Waals surface area contributed by atoms with Crippen molar-refractivity contribution in [3.05, 3.63) is 53.1 Å². The van der Waals surface area contributed by atoms with Gasteiger partial charge in [-0.3, -0.25) is 14.7 Å². The molecule has 1 aliphatic carbocycles. The van der Waals surface area contributed by atoms with E-state index >= 15 is 0 Å². The zero-order chi connectivity index (χ0) is 21.8. The number of hydrogen-bond acceptors (Lipinski definition) is 4. The number of H-pyrrole nitrogens is 1. The molecule has 31 heavy (non-hydrogen) atoms. The van der Waals surface area contributed by atoms with Crippen molar-refractivity contribution in [3.63, 3.8) is 0 Å². The molecule has 3 aromatic rings. The number of aryl methyl sites for hydroxylation is 2. The largest absolute Gasteiger partial charge is 0.338 e. The number of nitrogens with zero attached hydrogens (tertiary/aromatic N) is 3. The van der Waals surface area contributed by atoms with Gasteiger partial charge in [-0.15, -0.1) is 0 Å². The molecule has 1 saturated carbocycles. The summed E-state index contributed by atoms with van der Waals surface area (Å²) >= 11 is 0. The van der Waals surface area contributed by atoms with Gasteiger partial charge in [0.25, 0.3) is 5.91 Å². The minimum absolute atomic E-state index is 0.00958. The van der Waals surface area contributed by atoms with Crippen molar-refractivity contribution in [2.24, 2.45) is 5.73 Å². The summed E-state index contributed by atoms with van der Waals surface area (Å²) in [4.78, 5) is 29.2. The molecular weight excluding hydrogens is 390 g/mol. The Morgan fingerprint density at radius 1 is 1.00 bits per heavy atom. The zero-order valence-corrected chi connectivity index (χ0v) is 17.9. The topological polar surface area (TPSA) is 95.3 Å². The van der Waals surface area contributed by atoms with Crippen LogP contribution in [0.1, 0.15) is 34.3 Å². The number of benzene rings is 2.